The molecule has 0 aliphatic rings. The van der Waals surface area contributed by atoms with E-state index in [-0.39, 0.29) is 6.04 Å². The summed E-state index contributed by atoms with van der Waals surface area (Å²) in [6.45, 7) is 5.27. The average molecular weight is 383 g/mol. The molecule has 0 bridgehead atoms. The van der Waals surface area contributed by atoms with Crippen molar-refractivity contribution in [2.45, 2.75) is 32.9 Å². The van der Waals surface area contributed by atoms with Crippen LogP contribution in [0.5, 0.6) is 0 Å². The van der Waals surface area contributed by atoms with E-state index in [1.54, 1.807) is 12.4 Å². The van der Waals surface area contributed by atoms with Gasteiger partial charge in [0.15, 0.2) is 0 Å². The zero-order valence-corrected chi connectivity index (χ0v) is 16.1. The van der Waals surface area contributed by atoms with Crippen LogP contribution in [0.4, 0.5) is 11.6 Å². The van der Waals surface area contributed by atoms with E-state index < -0.39 is 12.0 Å². The molecule has 2 atom stereocenters. The molecule has 0 aromatic carbocycles. The van der Waals surface area contributed by atoms with Gasteiger partial charge in [-0.2, -0.15) is 0 Å². The summed E-state index contributed by atoms with van der Waals surface area (Å²) in [4.78, 5) is 25.8. The summed E-state index contributed by atoms with van der Waals surface area (Å²) in [7, 11) is 0. The zero-order valence-electron chi connectivity index (χ0n) is 15.3. The van der Waals surface area contributed by atoms with Gasteiger partial charge in [0.25, 0.3) is 0 Å². The summed E-state index contributed by atoms with van der Waals surface area (Å²) < 4.78 is 0. The second-order valence-electron chi connectivity index (χ2n) is 6.22. The summed E-state index contributed by atoms with van der Waals surface area (Å²) >= 11 is 1.45. The molecule has 0 aliphatic carbocycles. The van der Waals surface area contributed by atoms with E-state index in [2.05, 4.69) is 25.6 Å². The van der Waals surface area contributed by atoms with E-state index in [1.807, 2.05) is 44.2 Å². The maximum atomic E-state index is 11.6. The van der Waals surface area contributed by atoms with E-state index in [9.17, 15) is 9.90 Å². The molecule has 0 spiro atoms. The number of aliphatic hydroxyl groups excluding tert-OH is 1. The van der Waals surface area contributed by atoms with Crippen LogP contribution >= 0.6 is 11.3 Å². The minimum absolute atomic E-state index is 0.288. The fraction of sp³-hybridized carbons (Fsp3) is 0.263. The Hall–Kier alpha value is -2.84. The number of amides is 1. The number of pyridine rings is 2. The molecule has 7 nitrogen and oxygen atoms in total. The van der Waals surface area contributed by atoms with Crippen LogP contribution in [0.3, 0.4) is 0 Å². The molecule has 0 unspecified atom stereocenters. The number of aryl methyl sites for hydroxylation is 1. The summed E-state index contributed by atoms with van der Waals surface area (Å²) in [5, 5.41) is 16.0. The lowest BCUT2D eigenvalue weighted by atomic mass is 10.3. The van der Waals surface area contributed by atoms with Crippen molar-refractivity contribution in [3.8, 4) is 10.6 Å². The molecule has 3 aromatic rings. The van der Waals surface area contributed by atoms with E-state index in [4.69, 9.17) is 0 Å². The second-order valence-corrected chi connectivity index (χ2v) is 7.28. The number of hydrogen-bond acceptors (Lipinski definition) is 7. The van der Waals surface area contributed by atoms with Crippen LogP contribution < -0.4 is 10.6 Å². The van der Waals surface area contributed by atoms with E-state index in [0.29, 0.717) is 5.82 Å². The van der Waals surface area contributed by atoms with Crippen molar-refractivity contribution in [2.75, 3.05) is 5.32 Å². The molecule has 140 valence electrons. The van der Waals surface area contributed by atoms with Gasteiger partial charge in [-0.3, -0.25) is 4.79 Å². The highest BCUT2D eigenvalue weighted by Gasteiger charge is 2.17. The summed E-state index contributed by atoms with van der Waals surface area (Å²) in [5.74, 6) is 1.00. The standard InChI is InChI=1S/C19H21N5O2S/c1-11-7-8-20-17(9-11)24-16-6-4-5-14(23-16)15-10-21-19(27-15)12(2)22-18(26)13(3)25/h4-10,12-13,25H,1-3H3,(H,22,26)(H,20,23,24)/t12-,13-/m0/s1. The molecule has 3 N–H and O–H groups in total. The fourth-order valence-electron chi connectivity index (χ4n) is 2.38. The van der Waals surface area contributed by atoms with Crippen LogP contribution in [0.2, 0.25) is 0 Å². The van der Waals surface area contributed by atoms with E-state index in [1.165, 1.54) is 18.3 Å². The van der Waals surface area contributed by atoms with Gasteiger partial charge in [-0.05, 0) is 50.6 Å². The number of carbonyl (C=O) groups is 1. The van der Waals surface area contributed by atoms with Gasteiger partial charge in [0.2, 0.25) is 5.91 Å². The third kappa shape index (κ3) is 4.87. The normalized spacial score (nSPS) is 13.0. The third-order valence-corrected chi connectivity index (χ3v) is 5.01. The van der Waals surface area contributed by atoms with Crippen LogP contribution in [0, 0.1) is 6.92 Å². The van der Waals surface area contributed by atoms with Crippen LogP contribution in [0.25, 0.3) is 10.6 Å². The number of nitrogens with zero attached hydrogens (tertiary/aromatic N) is 3. The maximum absolute atomic E-state index is 11.6. The molecule has 0 radical (unpaired) electrons. The first kappa shape index (κ1) is 18.9. The van der Waals surface area contributed by atoms with Gasteiger partial charge >= 0.3 is 0 Å². The van der Waals surface area contributed by atoms with Gasteiger partial charge in [-0.25, -0.2) is 15.0 Å². The van der Waals surface area contributed by atoms with Crippen molar-refractivity contribution >= 4 is 28.9 Å². The molecular formula is C19H21N5O2S. The Bertz CT molecular complexity index is 941. The topological polar surface area (TPSA) is 100 Å². The zero-order chi connectivity index (χ0) is 19.4. The summed E-state index contributed by atoms with van der Waals surface area (Å²) in [5.41, 5.74) is 1.90. The predicted octanol–water partition coefficient (Wildman–Crippen LogP) is 3.21. The SMILES string of the molecule is Cc1ccnc(Nc2cccc(-c3cnc([C@H](C)NC(=O)[C@H](C)O)s3)n2)c1. The highest BCUT2D eigenvalue weighted by Crippen LogP contribution is 2.29. The lowest BCUT2D eigenvalue weighted by Crippen LogP contribution is -2.34. The minimum atomic E-state index is -1.05. The number of aliphatic hydroxyl groups is 1. The maximum Gasteiger partial charge on any atom is 0.249 e. The Morgan fingerprint density at radius 3 is 2.74 bits per heavy atom. The van der Waals surface area contributed by atoms with Crippen molar-refractivity contribution < 1.29 is 9.90 Å². The van der Waals surface area contributed by atoms with Gasteiger partial charge in [0.05, 0.1) is 16.6 Å². The molecule has 3 heterocycles. The van der Waals surface area contributed by atoms with Crippen LogP contribution in [0.15, 0.2) is 42.7 Å². The Balaban J connectivity index is 1.75. The third-order valence-electron chi connectivity index (χ3n) is 3.81. The molecule has 0 saturated heterocycles. The van der Waals surface area contributed by atoms with Gasteiger partial charge in [0.1, 0.15) is 22.7 Å². The molecule has 3 aromatic heterocycles. The van der Waals surface area contributed by atoms with Crippen molar-refractivity contribution in [1.29, 1.82) is 0 Å². The lowest BCUT2D eigenvalue weighted by molar-refractivity contribution is -0.129. The Kier molecular flexibility index (Phi) is 5.78. The van der Waals surface area contributed by atoms with Crippen molar-refractivity contribution in [1.82, 2.24) is 20.3 Å². The molecule has 3 rings (SSSR count). The van der Waals surface area contributed by atoms with Gasteiger partial charge in [-0.15, -0.1) is 11.3 Å². The van der Waals surface area contributed by atoms with E-state index in [0.717, 1.165) is 27.0 Å². The predicted molar refractivity (Wildman–Crippen MR) is 106 cm³/mol. The Labute approximate surface area is 161 Å². The van der Waals surface area contributed by atoms with E-state index >= 15 is 0 Å². The van der Waals surface area contributed by atoms with Gasteiger partial charge in [-0.1, -0.05) is 6.07 Å². The van der Waals surface area contributed by atoms with Crippen LogP contribution in [0.1, 0.15) is 30.5 Å². The smallest absolute Gasteiger partial charge is 0.249 e. The molecule has 0 aliphatic heterocycles. The minimum Gasteiger partial charge on any atom is -0.384 e. The Morgan fingerprint density at radius 2 is 2.00 bits per heavy atom. The first-order valence-electron chi connectivity index (χ1n) is 8.53. The molecule has 8 heteroatoms. The monoisotopic (exact) mass is 383 g/mol. The molecule has 1 amide bonds. The molecule has 27 heavy (non-hydrogen) atoms. The van der Waals surface area contributed by atoms with Crippen LogP contribution in [-0.2, 0) is 4.79 Å². The first-order chi connectivity index (χ1) is 12.9. The van der Waals surface area contributed by atoms with Crippen molar-refractivity contribution in [3.63, 3.8) is 0 Å². The number of thiazole rings is 1. The number of carbonyl (C=O) groups excluding carboxylic acids is 1. The first-order valence-corrected chi connectivity index (χ1v) is 9.35. The van der Waals surface area contributed by atoms with Crippen molar-refractivity contribution in [2.24, 2.45) is 0 Å². The molecular weight excluding hydrogens is 362 g/mol. The van der Waals surface area contributed by atoms with Crippen LogP contribution in [-0.4, -0.2) is 32.1 Å². The number of nitrogens with one attached hydrogen (secondary N) is 2. The van der Waals surface area contributed by atoms with Gasteiger partial charge in [0, 0.05) is 12.4 Å². The number of rotatable bonds is 6. The summed E-state index contributed by atoms with van der Waals surface area (Å²) in [6, 6.07) is 9.30. The quantitative estimate of drug-likeness (QED) is 0.604. The second kappa shape index (κ2) is 8.24. The highest BCUT2D eigenvalue weighted by atomic mass is 32.1. The number of hydrogen-bond donors (Lipinski definition) is 3. The summed E-state index contributed by atoms with van der Waals surface area (Å²) in [6.07, 6.45) is 2.44. The fourth-order valence-corrected chi connectivity index (χ4v) is 3.27. The molecule has 0 saturated carbocycles. The van der Waals surface area contributed by atoms with Gasteiger partial charge < -0.3 is 15.7 Å². The average Bonchev–Trinajstić information content (AvgIpc) is 3.12. The molecule has 0 fully saturated rings. The number of anilines is 2. The highest BCUT2D eigenvalue weighted by molar-refractivity contribution is 7.15. The largest absolute Gasteiger partial charge is 0.384 e. The van der Waals surface area contributed by atoms with Crippen molar-refractivity contribution in [3.05, 3.63) is 53.3 Å². The number of aromatic nitrogens is 3. The lowest BCUT2D eigenvalue weighted by Gasteiger charge is -2.12. The Morgan fingerprint density at radius 1 is 1.19 bits per heavy atom.